The molecule has 1 aromatic heterocycles. The maximum atomic E-state index is 13.7. The number of anilines is 1. The van der Waals surface area contributed by atoms with Crippen molar-refractivity contribution in [3.05, 3.63) is 71.7 Å². The van der Waals surface area contributed by atoms with Gasteiger partial charge < -0.3 is 21.1 Å². The number of hydrogen-bond acceptors (Lipinski definition) is 6. The average Bonchev–Trinajstić information content (AvgIpc) is 2.83. The molecule has 3 aromatic rings. The summed E-state index contributed by atoms with van der Waals surface area (Å²) in [5.41, 5.74) is 5.65. The Kier molecular flexibility index (Phi) is 9.39. The first-order valence-electron chi connectivity index (χ1n) is 11.0. The summed E-state index contributed by atoms with van der Waals surface area (Å²) < 4.78 is 45.6. The zero-order valence-electron chi connectivity index (χ0n) is 18.8. The standard InChI is InChI=1S/C24H26F3N5O3/c25-18-7-6-15-12-30-21(10-17(15)9-18)32-24(34)35-14-19(4-2-8-28)31-22(33)13-29-11-16-3-1-5-20(26)23(16)27/h1,3,5-7,9-10,12,19,29H,2,4,8,11,13-14,28H2,(H,31,33)(H,30,32,34)/t19-/m0/s1. The first-order chi connectivity index (χ1) is 16.9. The number of pyridine rings is 1. The van der Waals surface area contributed by atoms with Gasteiger partial charge >= 0.3 is 6.09 Å². The van der Waals surface area contributed by atoms with Crippen LogP contribution >= 0.6 is 0 Å². The lowest BCUT2D eigenvalue weighted by atomic mass is 10.1. The maximum Gasteiger partial charge on any atom is 0.412 e. The molecule has 2 amide bonds. The third-order valence-corrected chi connectivity index (χ3v) is 5.08. The summed E-state index contributed by atoms with van der Waals surface area (Å²) in [6.45, 7) is 0.0659. The fourth-order valence-electron chi connectivity index (χ4n) is 3.33. The van der Waals surface area contributed by atoms with Crippen LogP contribution in [0, 0.1) is 17.5 Å². The Morgan fingerprint density at radius 3 is 2.71 bits per heavy atom. The van der Waals surface area contributed by atoms with Crippen molar-refractivity contribution < 1.29 is 27.5 Å². The molecule has 0 unspecified atom stereocenters. The van der Waals surface area contributed by atoms with Crippen LogP contribution in [0.5, 0.6) is 0 Å². The maximum absolute atomic E-state index is 13.7. The predicted octanol–water partition coefficient (Wildman–Crippen LogP) is 3.21. The molecule has 0 saturated carbocycles. The Morgan fingerprint density at radius 2 is 1.91 bits per heavy atom. The minimum Gasteiger partial charge on any atom is -0.447 e. The molecular weight excluding hydrogens is 463 g/mol. The van der Waals surface area contributed by atoms with Crippen LogP contribution in [0.2, 0.25) is 0 Å². The van der Waals surface area contributed by atoms with E-state index in [0.717, 1.165) is 6.07 Å². The number of nitrogens with two attached hydrogens (primary N) is 1. The van der Waals surface area contributed by atoms with E-state index in [9.17, 15) is 22.8 Å². The molecule has 0 aliphatic heterocycles. The smallest absolute Gasteiger partial charge is 0.412 e. The number of nitrogens with zero attached hydrogens (tertiary/aromatic N) is 1. The molecule has 5 N–H and O–H groups in total. The molecule has 3 rings (SSSR count). The second kappa shape index (κ2) is 12.7. The lowest BCUT2D eigenvalue weighted by Crippen LogP contribution is -2.43. The van der Waals surface area contributed by atoms with Crippen molar-refractivity contribution in [3.63, 3.8) is 0 Å². The summed E-state index contributed by atoms with van der Waals surface area (Å²) in [5.74, 6) is -2.56. The highest BCUT2D eigenvalue weighted by Gasteiger charge is 2.16. The van der Waals surface area contributed by atoms with E-state index in [4.69, 9.17) is 10.5 Å². The number of aromatic nitrogens is 1. The molecule has 2 aromatic carbocycles. The molecule has 8 nitrogen and oxygen atoms in total. The van der Waals surface area contributed by atoms with Gasteiger partial charge in [0.2, 0.25) is 5.91 Å². The van der Waals surface area contributed by atoms with Crippen molar-refractivity contribution in [1.29, 1.82) is 0 Å². The largest absolute Gasteiger partial charge is 0.447 e. The number of halogens is 3. The van der Waals surface area contributed by atoms with E-state index in [2.05, 4.69) is 20.9 Å². The number of ether oxygens (including phenoxy) is 1. The number of rotatable bonds is 11. The number of fused-ring (bicyclic) bond motifs is 1. The average molecular weight is 489 g/mol. The Labute approximate surface area is 200 Å². The Morgan fingerprint density at radius 1 is 1.09 bits per heavy atom. The number of nitrogens with one attached hydrogen (secondary N) is 3. The molecule has 0 saturated heterocycles. The summed E-state index contributed by atoms with van der Waals surface area (Å²) in [4.78, 5) is 28.6. The van der Waals surface area contributed by atoms with Crippen LogP contribution in [-0.4, -0.2) is 42.7 Å². The molecule has 1 atom stereocenters. The molecular formula is C24H26F3N5O3. The van der Waals surface area contributed by atoms with Gasteiger partial charge in [0.1, 0.15) is 18.2 Å². The van der Waals surface area contributed by atoms with E-state index in [0.29, 0.717) is 30.2 Å². The molecule has 0 spiro atoms. The second-order valence-electron chi connectivity index (χ2n) is 7.80. The first-order valence-corrected chi connectivity index (χ1v) is 11.0. The SMILES string of the molecule is NCCC[C@@H](COC(=O)Nc1cc2cc(F)ccc2cn1)NC(=O)CNCc1cccc(F)c1F. The van der Waals surface area contributed by atoms with Crippen LogP contribution in [0.1, 0.15) is 18.4 Å². The van der Waals surface area contributed by atoms with Gasteiger partial charge in [0.15, 0.2) is 11.6 Å². The predicted molar refractivity (Wildman–Crippen MR) is 125 cm³/mol. The number of carbonyl (C=O) groups is 2. The quantitative estimate of drug-likeness (QED) is 0.329. The number of benzene rings is 2. The Balaban J connectivity index is 1.48. The van der Waals surface area contributed by atoms with Crippen LogP contribution in [0.3, 0.4) is 0 Å². The van der Waals surface area contributed by atoms with Crippen molar-refractivity contribution >= 4 is 28.6 Å². The monoisotopic (exact) mass is 489 g/mol. The van der Waals surface area contributed by atoms with Gasteiger partial charge in [-0.3, -0.25) is 10.1 Å². The van der Waals surface area contributed by atoms with Gasteiger partial charge in [0.25, 0.3) is 0 Å². The Hall–Kier alpha value is -3.70. The van der Waals surface area contributed by atoms with Crippen molar-refractivity contribution in [2.75, 3.05) is 25.0 Å². The van der Waals surface area contributed by atoms with Crippen molar-refractivity contribution in [3.8, 4) is 0 Å². The van der Waals surface area contributed by atoms with E-state index in [-0.39, 0.29) is 31.1 Å². The molecule has 0 fully saturated rings. The van der Waals surface area contributed by atoms with Crippen LogP contribution in [-0.2, 0) is 16.1 Å². The third-order valence-electron chi connectivity index (χ3n) is 5.08. The molecule has 0 radical (unpaired) electrons. The minimum absolute atomic E-state index is 0.0357. The van der Waals surface area contributed by atoms with E-state index in [1.54, 1.807) is 6.07 Å². The van der Waals surface area contributed by atoms with Gasteiger partial charge in [-0.05, 0) is 55.1 Å². The molecule has 186 valence electrons. The second-order valence-corrected chi connectivity index (χ2v) is 7.80. The van der Waals surface area contributed by atoms with Crippen LogP contribution in [0.25, 0.3) is 10.8 Å². The van der Waals surface area contributed by atoms with Crippen molar-refractivity contribution in [1.82, 2.24) is 15.6 Å². The summed E-state index contributed by atoms with van der Waals surface area (Å²) in [5, 5.41) is 9.22. The zero-order chi connectivity index (χ0) is 25.2. The van der Waals surface area contributed by atoms with Gasteiger partial charge in [-0.25, -0.2) is 22.9 Å². The van der Waals surface area contributed by atoms with Crippen LogP contribution < -0.4 is 21.7 Å². The summed E-state index contributed by atoms with van der Waals surface area (Å²) in [6, 6.07) is 9.03. The van der Waals surface area contributed by atoms with E-state index < -0.39 is 35.5 Å². The lowest BCUT2D eigenvalue weighted by Gasteiger charge is -2.19. The van der Waals surface area contributed by atoms with Crippen molar-refractivity contribution in [2.45, 2.75) is 25.4 Å². The summed E-state index contributed by atoms with van der Waals surface area (Å²) in [6.07, 6.45) is 1.74. The molecule has 35 heavy (non-hydrogen) atoms. The minimum atomic E-state index is -0.966. The third kappa shape index (κ3) is 7.94. The number of carbonyl (C=O) groups excluding carboxylic acids is 2. The van der Waals surface area contributed by atoms with Gasteiger partial charge in [-0.15, -0.1) is 0 Å². The van der Waals surface area contributed by atoms with E-state index >= 15 is 0 Å². The first kappa shape index (κ1) is 25.9. The molecule has 0 aliphatic rings. The number of amides is 2. The summed E-state index contributed by atoms with van der Waals surface area (Å²) in [7, 11) is 0. The fourth-order valence-corrected chi connectivity index (χ4v) is 3.33. The van der Waals surface area contributed by atoms with Crippen molar-refractivity contribution in [2.24, 2.45) is 5.73 Å². The van der Waals surface area contributed by atoms with Gasteiger partial charge in [0, 0.05) is 23.7 Å². The molecule has 1 heterocycles. The molecule has 0 bridgehead atoms. The van der Waals surface area contributed by atoms with Gasteiger partial charge in [0.05, 0.1) is 12.6 Å². The highest BCUT2D eigenvalue weighted by molar-refractivity contribution is 5.89. The highest BCUT2D eigenvalue weighted by atomic mass is 19.2. The highest BCUT2D eigenvalue weighted by Crippen LogP contribution is 2.18. The van der Waals surface area contributed by atoms with Crippen LogP contribution in [0.4, 0.5) is 23.8 Å². The molecule has 0 aliphatic carbocycles. The van der Waals surface area contributed by atoms with E-state index in [1.165, 1.54) is 36.5 Å². The molecule has 11 heteroatoms. The van der Waals surface area contributed by atoms with Crippen LogP contribution in [0.15, 0.2) is 48.7 Å². The lowest BCUT2D eigenvalue weighted by molar-refractivity contribution is -0.121. The Bertz CT molecular complexity index is 1180. The number of hydrogen-bond donors (Lipinski definition) is 4. The van der Waals surface area contributed by atoms with Gasteiger partial charge in [-0.2, -0.15) is 0 Å². The topological polar surface area (TPSA) is 118 Å². The fraction of sp³-hybridized carbons (Fsp3) is 0.292. The zero-order valence-corrected chi connectivity index (χ0v) is 18.8. The summed E-state index contributed by atoms with van der Waals surface area (Å²) >= 11 is 0. The van der Waals surface area contributed by atoms with Gasteiger partial charge in [-0.1, -0.05) is 12.1 Å². The normalized spacial score (nSPS) is 11.8. The van der Waals surface area contributed by atoms with E-state index in [1.807, 2.05) is 0 Å².